The van der Waals surface area contributed by atoms with Crippen molar-refractivity contribution in [2.45, 2.75) is 50.6 Å². The van der Waals surface area contributed by atoms with E-state index in [1.807, 2.05) is 45.9 Å². The van der Waals surface area contributed by atoms with Crippen LogP contribution in [0.15, 0.2) is 34.7 Å². The summed E-state index contributed by atoms with van der Waals surface area (Å²) in [5.41, 5.74) is 5.83. The number of anilines is 2. The average Bonchev–Trinajstić information content (AvgIpc) is 3.05. The minimum atomic E-state index is -0.282. The van der Waals surface area contributed by atoms with Gasteiger partial charge in [0.05, 0.1) is 15.5 Å². The van der Waals surface area contributed by atoms with E-state index < -0.39 is 0 Å². The normalized spacial score (nSPS) is 12.0. The molecule has 2 aromatic carbocycles. The van der Waals surface area contributed by atoms with Crippen LogP contribution >= 0.6 is 23.1 Å². The maximum Gasteiger partial charge on any atom is 0.237 e. The van der Waals surface area contributed by atoms with Crippen molar-refractivity contribution in [3.05, 3.63) is 47.0 Å². The van der Waals surface area contributed by atoms with Crippen molar-refractivity contribution in [3.8, 4) is 0 Å². The van der Waals surface area contributed by atoms with Crippen molar-refractivity contribution < 1.29 is 9.59 Å². The highest BCUT2D eigenvalue weighted by Gasteiger charge is 2.19. The van der Waals surface area contributed by atoms with E-state index in [0.29, 0.717) is 6.42 Å². The van der Waals surface area contributed by atoms with Gasteiger partial charge in [-0.1, -0.05) is 36.4 Å². The Morgan fingerprint density at radius 1 is 1.10 bits per heavy atom. The molecule has 7 heteroatoms. The average molecular weight is 428 g/mol. The standard InChI is InChI=1S/C22H25N3O2S2/c1-6-19(26)23-16-7-8-17-18(11-16)29-22(24-17)28-15(5)21(27)25-20-13(3)9-12(2)10-14(20)4/h7-11,15H,6H2,1-5H3,(H,23,26)(H,25,27). The third-order valence-corrected chi connectivity index (χ3v) is 6.76. The molecule has 152 valence electrons. The number of rotatable bonds is 6. The van der Waals surface area contributed by atoms with Gasteiger partial charge in [-0.05, 0) is 57.0 Å². The molecule has 3 rings (SSSR count). The Bertz CT molecular complexity index is 1050. The molecule has 2 amide bonds. The second kappa shape index (κ2) is 8.97. The fraction of sp³-hybridized carbons (Fsp3) is 0.318. The van der Waals surface area contributed by atoms with E-state index in [-0.39, 0.29) is 17.1 Å². The molecule has 0 aliphatic rings. The van der Waals surface area contributed by atoms with Gasteiger partial charge in [0.1, 0.15) is 0 Å². The molecule has 0 aliphatic carbocycles. The zero-order chi connectivity index (χ0) is 21.1. The van der Waals surface area contributed by atoms with Crippen molar-refractivity contribution >= 4 is 56.5 Å². The molecule has 1 unspecified atom stereocenters. The Hall–Kier alpha value is -2.38. The quantitative estimate of drug-likeness (QED) is 0.496. The van der Waals surface area contributed by atoms with E-state index in [2.05, 4.69) is 34.7 Å². The van der Waals surface area contributed by atoms with E-state index >= 15 is 0 Å². The minimum absolute atomic E-state index is 0.0181. The summed E-state index contributed by atoms with van der Waals surface area (Å²) in [7, 11) is 0. The number of thiazole rings is 1. The number of thioether (sulfide) groups is 1. The molecule has 1 heterocycles. The lowest BCUT2D eigenvalue weighted by Crippen LogP contribution is -2.23. The Labute approximate surface area is 179 Å². The molecule has 0 spiro atoms. The second-order valence-corrected chi connectivity index (χ2v) is 9.71. The SMILES string of the molecule is CCC(=O)Nc1ccc2nc(SC(C)C(=O)Nc3c(C)cc(C)cc3C)sc2c1. The Kier molecular flexibility index (Phi) is 6.59. The van der Waals surface area contributed by atoms with E-state index in [1.54, 1.807) is 0 Å². The van der Waals surface area contributed by atoms with E-state index in [9.17, 15) is 9.59 Å². The first-order valence-electron chi connectivity index (χ1n) is 9.52. The molecule has 2 N–H and O–H groups in total. The molecule has 29 heavy (non-hydrogen) atoms. The zero-order valence-corrected chi connectivity index (χ0v) is 18.9. The van der Waals surface area contributed by atoms with Gasteiger partial charge < -0.3 is 10.6 Å². The van der Waals surface area contributed by atoms with Crippen LogP contribution in [-0.2, 0) is 9.59 Å². The number of hydrogen-bond acceptors (Lipinski definition) is 5. The van der Waals surface area contributed by atoms with E-state index in [1.165, 1.54) is 28.7 Å². The van der Waals surface area contributed by atoms with Gasteiger partial charge >= 0.3 is 0 Å². The maximum atomic E-state index is 12.7. The van der Waals surface area contributed by atoms with Gasteiger partial charge in [0.15, 0.2) is 4.34 Å². The molecule has 5 nitrogen and oxygen atoms in total. The Morgan fingerprint density at radius 3 is 2.45 bits per heavy atom. The topological polar surface area (TPSA) is 71.1 Å². The molecule has 0 saturated carbocycles. The van der Waals surface area contributed by atoms with Crippen molar-refractivity contribution in [1.82, 2.24) is 4.98 Å². The first-order valence-corrected chi connectivity index (χ1v) is 11.2. The predicted octanol–water partition coefficient (Wildman–Crippen LogP) is 5.69. The van der Waals surface area contributed by atoms with Crippen molar-refractivity contribution in [2.75, 3.05) is 10.6 Å². The first kappa shape index (κ1) is 21.3. The Balaban J connectivity index is 1.71. The minimum Gasteiger partial charge on any atom is -0.326 e. The van der Waals surface area contributed by atoms with Gasteiger partial charge in [0.2, 0.25) is 11.8 Å². The van der Waals surface area contributed by atoms with Gasteiger partial charge in [0, 0.05) is 17.8 Å². The van der Waals surface area contributed by atoms with Gasteiger partial charge in [-0.15, -0.1) is 11.3 Å². The van der Waals surface area contributed by atoms with Gasteiger partial charge in [-0.25, -0.2) is 4.98 Å². The van der Waals surface area contributed by atoms with Crippen LogP contribution < -0.4 is 10.6 Å². The lowest BCUT2D eigenvalue weighted by Gasteiger charge is -2.15. The number of carbonyl (C=O) groups excluding carboxylic acids is 2. The number of amides is 2. The molecule has 0 saturated heterocycles. The van der Waals surface area contributed by atoms with E-state index in [0.717, 1.165) is 37.1 Å². The summed E-state index contributed by atoms with van der Waals surface area (Å²) in [6, 6.07) is 9.81. The molecule has 1 aromatic heterocycles. The highest BCUT2D eigenvalue weighted by Crippen LogP contribution is 2.34. The summed E-state index contributed by atoms with van der Waals surface area (Å²) in [6.45, 7) is 9.78. The number of aryl methyl sites for hydroxylation is 3. The first-order chi connectivity index (χ1) is 13.8. The highest BCUT2D eigenvalue weighted by molar-refractivity contribution is 8.02. The fourth-order valence-electron chi connectivity index (χ4n) is 3.09. The molecule has 1 atom stereocenters. The van der Waals surface area contributed by atoms with Crippen LogP contribution in [0.3, 0.4) is 0 Å². The molecule has 0 bridgehead atoms. The van der Waals surface area contributed by atoms with Gasteiger partial charge in [-0.3, -0.25) is 9.59 Å². The molecule has 3 aromatic rings. The number of benzene rings is 2. The largest absolute Gasteiger partial charge is 0.326 e. The summed E-state index contributed by atoms with van der Waals surface area (Å²) in [5, 5.41) is 5.65. The predicted molar refractivity (Wildman–Crippen MR) is 123 cm³/mol. The lowest BCUT2D eigenvalue weighted by molar-refractivity contribution is -0.116. The molecule has 0 radical (unpaired) electrons. The third-order valence-electron chi connectivity index (χ3n) is 4.55. The summed E-state index contributed by atoms with van der Waals surface area (Å²) in [5.74, 6) is -0.0596. The van der Waals surface area contributed by atoms with Crippen LogP contribution in [0.4, 0.5) is 11.4 Å². The van der Waals surface area contributed by atoms with Gasteiger partial charge in [0.25, 0.3) is 0 Å². The summed E-state index contributed by atoms with van der Waals surface area (Å²) >= 11 is 2.97. The lowest BCUT2D eigenvalue weighted by atomic mass is 10.1. The van der Waals surface area contributed by atoms with Crippen LogP contribution in [0.1, 0.15) is 37.0 Å². The van der Waals surface area contributed by atoms with Crippen molar-refractivity contribution in [2.24, 2.45) is 0 Å². The molecule has 0 fully saturated rings. The number of carbonyl (C=O) groups is 2. The number of nitrogens with zero attached hydrogens (tertiary/aromatic N) is 1. The van der Waals surface area contributed by atoms with Crippen molar-refractivity contribution in [1.29, 1.82) is 0 Å². The summed E-state index contributed by atoms with van der Waals surface area (Å²) in [6.07, 6.45) is 0.439. The third kappa shape index (κ3) is 5.16. The summed E-state index contributed by atoms with van der Waals surface area (Å²) in [4.78, 5) is 28.9. The number of nitrogens with one attached hydrogen (secondary N) is 2. The van der Waals surface area contributed by atoms with Crippen LogP contribution in [0, 0.1) is 20.8 Å². The number of aromatic nitrogens is 1. The van der Waals surface area contributed by atoms with Gasteiger partial charge in [-0.2, -0.15) is 0 Å². The highest BCUT2D eigenvalue weighted by atomic mass is 32.2. The maximum absolute atomic E-state index is 12.7. The zero-order valence-electron chi connectivity index (χ0n) is 17.3. The molecular formula is C22H25N3O2S2. The number of fused-ring (bicyclic) bond motifs is 1. The summed E-state index contributed by atoms with van der Waals surface area (Å²) < 4.78 is 1.82. The smallest absolute Gasteiger partial charge is 0.237 e. The van der Waals surface area contributed by atoms with Crippen LogP contribution in [0.25, 0.3) is 10.2 Å². The molecule has 0 aliphatic heterocycles. The van der Waals surface area contributed by atoms with Crippen LogP contribution in [0.2, 0.25) is 0 Å². The van der Waals surface area contributed by atoms with E-state index in [4.69, 9.17) is 0 Å². The molecular weight excluding hydrogens is 402 g/mol. The Morgan fingerprint density at radius 2 is 1.79 bits per heavy atom. The second-order valence-electron chi connectivity index (χ2n) is 7.09. The van der Waals surface area contributed by atoms with Crippen LogP contribution in [-0.4, -0.2) is 22.0 Å². The van der Waals surface area contributed by atoms with Crippen molar-refractivity contribution in [3.63, 3.8) is 0 Å². The fourth-order valence-corrected chi connectivity index (χ4v) is 5.34. The number of hydrogen-bond donors (Lipinski definition) is 2. The van der Waals surface area contributed by atoms with Crippen LogP contribution in [0.5, 0.6) is 0 Å². The monoisotopic (exact) mass is 427 g/mol.